The van der Waals surface area contributed by atoms with Crippen LogP contribution in [-0.4, -0.2) is 24.3 Å². The van der Waals surface area contributed by atoms with Crippen molar-refractivity contribution in [2.75, 3.05) is 19.5 Å². The summed E-state index contributed by atoms with van der Waals surface area (Å²) in [6.45, 7) is 0. The molecule has 1 aliphatic rings. The van der Waals surface area contributed by atoms with E-state index in [4.69, 9.17) is 9.26 Å². The van der Waals surface area contributed by atoms with Crippen molar-refractivity contribution in [2.24, 2.45) is 0 Å². The van der Waals surface area contributed by atoms with E-state index in [9.17, 15) is 0 Å². The molecule has 1 saturated carbocycles. The van der Waals surface area contributed by atoms with Crippen molar-refractivity contribution in [3.05, 3.63) is 30.1 Å². The summed E-state index contributed by atoms with van der Waals surface area (Å²) in [5.74, 6) is 1.20. The molecule has 1 aromatic heterocycles. The average molecular weight is 259 g/mol. The Bertz CT molecular complexity index is 553. The van der Waals surface area contributed by atoms with Gasteiger partial charge in [-0.15, -0.1) is 0 Å². The number of methoxy groups -OCH3 is 1. The molecular weight excluding hydrogens is 242 g/mol. The highest BCUT2D eigenvalue weighted by Gasteiger charge is 2.43. The molecule has 2 aromatic rings. The summed E-state index contributed by atoms with van der Waals surface area (Å²) in [6, 6.07) is 7.88. The van der Waals surface area contributed by atoms with E-state index in [0.717, 1.165) is 30.5 Å². The number of aromatic nitrogens is 2. The second-order valence-corrected chi connectivity index (χ2v) is 4.80. The molecule has 0 aliphatic heterocycles. The van der Waals surface area contributed by atoms with Gasteiger partial charge in [0.05, 0.1) is 0 Å². The third-order valence-corrected chi connectivity index (χ3v) is 3.81. The first-order valence-corrected chi connectivity index (χ1v) is 6.45. The van der Waals surface area contributed by atoms with E-state index in [-0.39, 0.29) is 5.60 Å². The molecule has 0 saturated heterocycles. The first kappa shape index (κ1) is 12.2. The van der Waals surface area contributed by atoms with E-state index in [1.807, 2.05) is 31.3 Å². The lowest BCUT2D eigenvalue weighted by Gasteiger charge is -2.37. The van der Waals surface area contributed by atoms with Crippen molar-refractivity contribution in [3.63, 3.8) is 0 Å². The fourth-order valence-corrected chi connectivity index (χ4v) is 2.32. The van der Waals surface area contributed by atoms with Gasteiger partial charge in [0.1, 0.15) is 5.60 Å². The van der Waals surface area contributed by atoms with E-state index in [2.05, 4.69) is 15.5 Å². The molecule has 5 nitrogen and oxygen atoms in total. The van der Waals surface area contributed by atoms with Crippen molar-refractivity contribution in [1.82, 2.24) is 10.1 Å². The third kappa shape index (κ3) is 2.00. The molecule has 100 valence electrons. The number of anilines is 1. The van der Waals surface area contributed by atoms with Gasteiger partial charge in [-0.25, -0.2) is 0 Å². The first-order chi connectivity index (χ1) is 9.27. The number of nitrogens with one attached hydrogen (secondary N) is 1. The Labute approximate surface area is 112 Å². The largest absolute Gasteiger partial charge is 0.388 e. The average Bonchev–Trinajstić information content (AvgIpc) is 2.88. The summed E-state index contributed by atoms with van der Waals surface area (Å²) in [6.07, 6.45) is 3.07. The number of rotatable bonds is 4. The highest BCUT2D eigenvalue weighted by atomic mass is 16.5. The Morgan fingerprint density at radius 1 is 1.26 bits per heavy atom. The molecule has 0 amide bonds. The van der Waals surface area contributed by atoms with Crippen molar-refractivity contribution >= 4 is 5.69 Å². The van der Waals surface area contributed by atoms with E-state index in [0.29, 0.717) is 11.7 Å². The van der Waals surface area contributed by atoms with Crippen LogP contribution in [0.3, 0.4) is 0 Å². The van der Waals surface area contributed by atoms with E-state index in [1.54, 1.807) is 7.11 Å². The second kappa shape index (κ2) is 4.66. The maximum Gasteiger partial charge on any atom is 0.258 e. The third-order valence-electron chi connectivity index (χ3n) is 3.81. The minimum Gasteiger partial charge on any atom is -0.388 e. The van der Waals surface area contributed by atoms with Crippen molar-refractivity contribution < 1.29 is 9.26 Å². The standard InChI is InChI=1S/C14H17N3O2/c1-15-11-6-4-10(5-7-11)12-16-13(17-19-12)14(18-2)8-3-9-14/h4-7,15H,3,8-9H2,1-2H3. The lowest BCUT2D eigenvalue weighted by atomic mass is 9.79. The monoisotopic (exact) mass is 259 g/mol. The molecule has 0 atom stereocenters. The molecule has 19 heavy (non-hydrogen) atoms. The zero-order valence-electron chi connectivity index (χ0n) is 11.1. The summed E-state index contributed by atoms with van der Waals surface area (Å²) >= 11 is 0. The van der Waals surface area contributed by atoms with Crippen LogP contribution in [0, 0.1) is 0 Å². The van der Waals surface area contributed by atoms with Gasteiger partial charge >= 0.3 is 0 Å². The maximum absolute atomic E-state index is 5.55. The zero-order chi connectivity index (χ0) is 13.3. The van der Waals surface area contributed by atoms with Crippen LogP contribution in [0.25, 0.3) is 11.5 Å². The van der Waals surface area contributed by atoms with Crippen LogP contribution in [0.1, 0.15) is 25.1 Å². The molecule has 1 N–H and O–H groups in total. The van der Waals surface area contributed by atoms with Crippen molar-refractivity contribution in [3.8, 4) is 11.5 Å². The molecule has 1 aliphatic carbocycles. The molecule has 0 radical (unpaired) electrons. The highest BCUT2D eigenvalue weighted by Crippen LogP contribution is 2.43. The minimum atomic E-state index is -0.327. The van der Waals surface area contributed by atoms with Crippen molar-refractivity contribution in [1.29, 1.82) is 0 Å². The van der Waals surface area contributed by atoms with Gasteiger partial charge in [0.25, 0.3) is 5.89 Å². The van der Waals surface area contributed by atoms with Crippen LogP contribution in [0.4, 0.5) is 5.69 Å². The van der Waals surface area contributed by atoms with Crippen LogP contribution in [0.15, 0.2) is 28.8 Å². The number of hydrogen-bond acceptors (Lipinski definition) is 5. The Morgan fingerprint density at radius 3 is 2.53 bits per heavy atom. The lowest BCUT2D eigenvalue weighted by molar-refractivity contribution is -0.0858. The second-order valence-electron chi connectivity index (χ2n) is 4.80. The summed E-state index contributed by atoms with van der Waals surface area (Å²) in [4.78, 5) is 4.48. The van der Waals surface area contributed by atoms with Crippen LogP contribution in [0.5, 0.6) is 0 Å². The Kier molecular flexibility index (Phi) is 2.98. The summed E-state index contributed by atoms with van der Waals surface area (Å²) < 4.78 is 10.9. The molecule has 0 bridgehead atoms. The number of nitrogens with zero attached hydrogens (tertiary/aromatic N) is 2. The number of benzene rings is 1. The van der Waals surface area contributed by atoms with Gasteiger partial charge < -0.3 is 14.6 Å². The molecule has 5 heteroatoms. The van der Waals surface area contributed by atoms with Gasteiger partial charge in [-0.1, -0.05) is 5.16 Å². The number of hydrogen-bond donors (Lipinski definition) is 1. The fraction of sp³-hybridized carbons (Fsp3) is 0.429. The predicted molar refractivity (Wildman–Crippen MR) is 71.8 cm³/mol. The van der Waals surface area contributed by atoms with Crippen LogP contribution < -0.4 is 5.32 Å². The fourth-order valence-electron chi connectivity index (χ4n) is 2.32. The van der Waals surface area contributed by atoms with Crippen LogP contribution in [0.2, 0.25) is 0 Å². The SMILES string of the molecule is CNc1ccc(-c2nc(C3(OC)CCC3)no2)cc1. The molecule has 3 rings (SSSR count). The summed E-state index contributed by atoms with van der Waals surface area (Å²) in [5.41, 5.74) is 1.64. The van der Waals surface area contributed by atoms with Gasteiger partial charge in [0, 0.05) is 25.4 Å². The van der Waals surface area contributed by atoms with Gasteiger partial charge in [0.15, 0.2) is 0 Å². The minimum absolute atomic E-state index is 0.327. The molecule has 1 fully saturated rings. The summed E-state index contributed by atoms with van der Waals surface area (Å²) in [5, 5.41) is 7.15. The van der Waals surface area contributed by atoms with Gasteiger partial charge in [-0.2, -0.15) is 4.98 Å². The predicted octanol–water partition coefficient (Wildman–Crippen LogP) is 2.80. The van der Waals surface area contributed by atoms with E-state index in [1.165, 1.54) is 0 Å². The van der Waals surface area contributed by atoms with Gasteiger partial charge in [-0.3, -0.25) is 0 Å². The lowest BCUT2D eigenvalue weighted by Crippen LogP contribution is -2.37. The van der Waals surface area contributed by atoms with Crippen molar-refractivity contribution in [2.45, 2.75) is 24.9 Å². The van der Waals surface area contributed by atoms with Gasteiger partial charge in [0.2, 0.25) is 5.82 Å². The Morgan fingerprint density at radius 2 is 2.00 bits per heavy atom. The highest BCUT2D eigenvalue weighted by molar-refractivity contribution is 5.58. The number of ether oxygens (including phenoxy) is 1. The maximum atomic E-state index is 5.55. The topological polar surface area (TPSA) is 60.2 Å². The molecule has 1 heterocycles. The Balaban J connectivity index is 1.88. The Hall–Kier alpha value is -1.88. The van der Waals surface area contributed by atoms with Crippen LogP contribution >= 0.6 is 0 Å². The molecule has 0 unspecified atom stereocenters. The summed E-state index contributed by atoms with van der Waals surface area (Å²) in [7, 11) is 3.59. The smallest absolute Gasteiger partial charge is 0.258 e. The first-order valence-electron chi connectivity index (χ1n) is 6.45. The normalized spacial score (nSPS) is 16.9. The molecule has 1 aromatic carbocycles. The molecular formula is C14H17N3O2. The zero-order valence-corrected chi connectivity index (χ0v) is 11.1. The van der Waals surface area contributed by atoms with E-state index < -0.39 is 0 Å². The quantitative estimate of drug-likeness (QED) is 0.914. The molecule has 0 spiro atoms. The van der Waals surface area contributed by atoms with Gasteiger partial charge in [-0.05, 0) is 43.5 Å². The van der Waals surface area contributed by atoms with E-state index >= 15 is 0 Å². The van der Waals surface area contributed by atoms with Crippen LogP contribution in [-0.2, 0) is 10.3 Å².